The van der Waals surface area contributed by atoms with Gasteiger partial charge in [0.05, 0.1) is 6.54 Å². The zero-order chi connectivity index (χ0) is 17.5. The molecule has 6 heteroatoms. The lowest BCUT2D eigenvalue weighted by molar-refractivity contribution is 0.0154. The van der Waals surface area contributed by atoms with E-state index in [1.54, 1.807) is 0 Å². The average molecular weight is 362 g/mol. The van der Waals surface area contributed by atoms with Gasteiger partial charge in [0, 0.05) is 62.0 Å². The lowest BCUT2D eigenvalue weighted by atomic mass is 10.1. The number of nitrogens with one attached hydrogen (secondary N) is 2. The van der Waals surface area contributed by atoms with Crippen molar-refractivity contribution >= 4 is 17.7 Å². The lowest BCUT2D eigenvalue weighted by Crippen LogP contribution is -2.63. The number of hydrogen-bond donors (Lipinski definition) is 2. The third kappa shape index (κ3) is 5.62. The van der Waals surface area contributed by atoms with Gasteiger partial charge in [-0.1, -0.05) is 25.1 Å². The number of piperazine rings is 3. The van der Waals surface area contributed by atoms with Crippen molar-refractivity contribution in [2.24, 2.45) is 4.99 Å². The topological polar surface area (TPSA) is 42.9 Å². The maximum absolute atomic E-state index is 4.80. The Bertz CT molecular complexity index is 542. The number of hydrogen-bond acceptors (Lipinski definition) is 4. The van der Waals surface area contributed by atoms with Crippen molar-refractivity contribution in [1.29, 1.82) is 0 Å². The van der Waals surface area contributed by atoms with Crippen LogP contribution in [0.2, 0.25) is 0 Å². The number of fused-ring (bicyclic) bond motifs is 3. The first-order valence-electron chi connectivity index (χ1n) is 9.45. The van der Waals surface area contributed by atoms with Crippen LogP contribution >= 0.6 is 11.8 Å². The Morgan fingerprint density at radius 1 is 1.20 bits per heavy atom. The zero-order valence-corrected chi connectivity index (χ0v) is 16.3. The first kappa shape index (κ1) is 18.5. The summed E-state index contributed by atoms with van der Waals surface area (Å²) in [5.74, 6) is 0.945. The van der Waals surface area contributed by atoms with Crippen molar-refractivity contribution in [3.8, 4) is 0 Å². The molecule has 0 amide bonds. The summed E-state index contributed by atoms with van der Waals surface area (Å²) in [5.41, 5.74) is 0. The van der Waals surface area contributed by atoms with E-state index in [9.17, 15) is 0 Å². The molecule has 1 aromatic carbocycles. The van der Waals surface area contributed by atoms with E-state index in [1.165, 1.54) is 37.6 Å². The number of benzene rings is 1. The van der Waals surface area contributed by atoms with Crippen LogP contribution in [0.15, 0.2) is 40.2 Å². The highest BCUT2D eigenvalue weighted by Crippen LogP contribution is 2.22. The molecule has 0 spiro atoms. The number of nitrogens with zero attached hydrogens (tertiary/aromatic N) is 3. The monoisotopic (exact) mass is 361 g/mol. The van der Waals surface area contributed by atoms with Crippen LogP contribution in [0.4, 0.5) is 0 Å². The second-order valence-corrected chi connectivity index (χ2v) is 8.34. The predicted molar refractivity (Wildman–Crippen MR) is 108 cm³/mol. The van der Waals surface area contributed by atoms with E-state index in [-0.39, 0.29) is 0 Å². The molecule has 3 aliphatic heterocycles. The van der Waals surface area contributed by atoms with Gasteiger partial charge in [-0.25, -0.2) is 0 Å². The Labute approximate surface area is 156 Å². The largest absolute Gasteiger partial charge is 0.357 e. The molecule has 0 aromatic heterocycles. The molecule has 1 aromatic rings. The molecule has 3 aliphatic rings. The molecule has 2 N–H and O–H groups in total. The Morgan fingerprint density at radius 3 is 2.60 bits per heavy atom. The highest BCUT2D eigenvalue weighted by atomic mass is 32.2. The predicted octanol–water partition coefficient (Wildman–Crippen LogP) is 1.72. The van der Waals surface area contributed by atoms with E-state index in [0.717, 1.165) is 25.6 Å². The second-order valence-electron chi connectivity index (χ2n) is 6.83. The van der Waals surface area contributed by atoms with Gasteiger partial charge >= 0.3 is 0 Å². The minimum Gasteiger partial charge on any atom is -0.357 e. The standard InChI is InChI=1S/C19H31N5S/c1-3-20-19(21-13-16(2)25-18-7-5-4-6-8-18)22-14-17-15-23-9-11-24(17)12-10-23/h4-8,16-17H,3,9-15H2,1-2H3,(H2,20,21,22). The fourth-order valence-corrected chi connectivity index (χ4v) is 4.39. The average Bonchev–Trinajstić information content (AvgIpc) is 2.66. The minimum absolute atomic E-state index is 0.457. The van der Waals surface area contributed by atoms with Crippen molar-refractivity contribution in [2.45, 2.75) is 30.0 Å². The Morgan fingerprint density at radius 2 is 1.96 bits per heavy atom. The fourth-order valence-electron chi connectivity index (χ4n) is 3.46. The molecule has 2 unspecified atom stereocenters. The van der Waals surface area contributed by atoms with Crippen LogP contribution in [-0.4, -0.2) is 79.4 Å². The van der Waals surface area contributed by atoms with Crippen molar-refractivity contribution in [1.82, 2.24) is 20.4 Å². The number of aliphatic imine (C=N–C) groups is 1. The van der Waals surface area contributed by atoms with Gasteiger partial charge in [0.1, 0.15) is 0 Å². The van der Waals surface area contributed by atoms with Crippen LogP contribution in [0.25, 0.3) is 0 Å². The summed E-state index contributed by atoms with van der Waals surface area (Å²) in [6.07, 6.45) is 0. The van der Waals surface area contributed by atoms with Gasteiger partial charge in [-0.2, -0.15) is 0 Å². The summed E-state index contributed by atoms with van der Waals surface area (Å²) < 4.78 is 0. The van der Waals surface area contributed by atoms with E-state index >= 15 is 0 Å². The van der Waals surface area contributed by atoms with E-state index in [4.69, 9.17) is 4.99 Å². The fraction of sp³-hybridized carbons (Fsp3) is 0.632. The summed E-state index contributed by atoms with van der Waals surface area (Å²) in [6.45, 7) is 13.1. The van der Waals surface area contributed by atoms with Crippen LogP contribution in [0.1, 0.15) is 13.8 Å². The number of rotatable bonds is 7. The molecule has 3 fully saturated rings. The minimum atomic E-state index is 0.457. The molecule has 25 heavy (non-hydrogen) atoms. The van der Waals surface area contributed by atoms with E-state index in [1.807, 2.05) is 11.8 Å². The first-order valence-corrected chi connectivity index (χ1v) is 10.3. The lowest BCUT2D eigenvalue weighted by Gasteiger charge is -2.47. The van der Waals surface area contributed by atoms with Gasteiger partial charge in [0.15, 0.2) is 5.96 Å². The summed E-state index contributed by atoms with van der Waals surface area (Å²) in [7, 11) is 0. The molecule has 3 saturated heterocycles. The quantitative estimate of drug-likeness (QED) is 0.440. The van der Waals surface area contributed by atoms with Crippen LogP contribution in [-0.2, 0) is 0 Å². The zero-order valence-electron chi connectivity index (χ0n) is 15.4. The smallest absolute Gasteiger partial charge is 0.191 e. The molecule has 2 bridgehead atoms. The maximum Gasteiger partial charge on any atom is 0.191 e. The third-order valence-corrected chi connectivity index (χ3v) is 5.92. The Kier molecular flexibility index (Phi) is 7.02. The highest BCUT2D eigenvalue weighted by molar-refractivity contribution is 8.00. The van der Waals surface area contributed by atoms with Gasteiger partial charge in [-0.15, -0.1) is 11.8 Å². The van der Waals surface area contributed by atoms with E-state index < -0.39 is 0 Å². The number of guanidine groups is 1. The van der Waals surface area contributed by atoms with Crippen molar-refractivity contribution in [3.05, 3.63) is 30.3 Å². The van der Waals surface area contributed by atoms with Crippen LogP contribution in [0, 0.1) is 0 Å². The maximum atomic E-state index is 4.80. The Hall–Kier alpha value is -1.24. The molecule has 0 saturated carbocycles. The van der Waals surface area contributed by atoms with Crippen LogP contribution < -0.4 is 10.6 Å². The molecular weight excluding hydrogens is 330 g/mol. The summed E-state index contributed by atoms with van der Waals surface area (Å²) in [5, 5.41) is 7.40. The molecule has 0 aliphatic carbocycles. The SMILES string of the molecule is CCNC(=NCC(C)Sc1ccccc1)NCC1CN2CCN1CC2. The van der Waals surface area contributed by atoms with Gasteiger partial charge in [-0.05, 0) is 19.1 Å². The van der Waals surface area contributed by atoms with Crippen molar-refractivity contribution in [2.75, 3.05) is 52.4 Å². The molecule has 4 rings (SSSR count). The Balaban J connectivity index is 1.47. The van der Waals surface area contributed by atoms with Crippen molar-refractivity contribution in [3.63, 3.8) is 0 Å². The van der Waals surface area contributed by atoms with Gasteiger partial charge in [0.2, 0.25) is 0 Å². The summed E-state index contributed by atoms with van der Waals surface area (Å²) in [4.78, 5) is 11.3. The van der Waals surface area contributed by atoms with E-state index in [0.29, 0.717) is 11.3 Å². The summed E-state index contributed by atoms with van der Waals surface area (Å²) >= 11 is 1.88. The second kappa shape index (κ2) is 9.46. The molecule has 5 nitrogen and oxygen atoms in total. The normalized spacial score (nSPS) is 27.1. The molecule has 3 heterocycles. The first-order chi connectivity index (χ1) is 12.2. The number of thioether (sulfide) groups is 1. The van der Waals surface area contributed by atoms with Gasteiger partial charge < -0.3 is 10.6 Å². The van der Waals surface area contributed by atoms with Gasteiger partial charge in [-0.3, -0.25) is 14.8 Å². The summed E-state index contributed by atoms with van der Waals surface area (Å²) in [6, 6.07) is 11.2. The molecule has 0 radical (unpaired) electrons. The highest BCUT2D eigenvalue weighted by Gasteiger charge is 2.31. The molecule has 2 atom stereocenters. The van der Waals surface area contributed by atoms with Gasteiger partial charge in [0.25, 0.3) is 0 Å². The van der Waals surface area contributed by atoms with Crippen LogP contribution in [0.5, 0.6) is 0 Å². The third-order valence-electron chi connectivity index (χ3n) is 4.83. The van der Waals surface area contributed by atoms with E-state index in [2.05, 4.69) is 64.6 Å². The van der Waals surface area contributed by atoms with Crippen molar-refractivity contribution < 1.29 is 0 Å². The molecule has 138 valence electrons. The molecular formula is C19H31N5S. The van der Waals surface area contributed by atoms with Crippen LogP contribution in [0.3, 0.4) is 0 Å².